The zero-order chi connectivity index (χ0) is 17.9. The Labute approximate surface area is 171 Å². The first-order chi connectivity index (χ1) is 12.7. The minimum Gasteiger partial charge on any atom is -0.0709 e. The topological polar surface area (TPSA) is 0 Å². The van der Waals surface area contributed by atoms with E-state index in [9.17, 15) is 0 Å². The number of hydrogen-bond acceptors (Lipinski definition) is 4. The van der Waals surface area contributed by atoms with Crippen LogP contribution in [0.1, 0.15) is 11.1 Å². The first-order valence-corrected chi connectivity index (χ1v) is 11.1. The lowest BCUT2D eigenvalue weighted by atomic mass is 10.1. The maximum atomic E-state index is 5.61. The van der Waals surface area contributed by atoms with Crippen LogP contribution in [0.5, 0.6) is 0 Å². The number of fused-ring (bicyclic) bond motifs is 2. The van der Waals surface area contributed by atoms with Crippen LogP contribution in [0.15, 0.2) is 84.9 Å². The lowest BCUT2D eigenvalue weighted by molar-refractivity contribution is 1.73. The molecule has 0 saturated heterocycles. The molecule has 4 aromatic rings. The third-order valence-electron chi connectivity index (χ3n) is 4.16. The van der Waals surface area contributed by atoms with Crippen molar-refractivity contribution in [2.24, 2.45) is 0 Å². The van der Waals surface area contributed by atoms with E-state index in [2.05, 4.69) is 60.7 Å². The van der Waals surface area contributed by atoms with Crippen molar-refractivity contribution < 1.29 is 0 Å². The van der Waals surface area contributed by atoms with Crippen molar-refractivity contribution in [2.75, 3.05) is 0 Å². The summed E-state index contributed by atoms with van der Waals surface area (Å²) in [6, 6.07) is 29.3. The maximum Gasteiger partial charge on any atom is 0.0889 e. The summed E-state index contributed by atoms with van der Waals surface area (Å²) in [5.74, 6) is 0. The van der Waals surface area contributed by atoms with E-state index in [0.717, 1.165) is 19.5 Å². The third kappa shape index (κ3) is 3.84. The van der Waals surface area contributed by atoms with Crippen LogP contribution in [0.25, 0.3) is 21.5 Å². The van der Waals surface area contributed by atoms with Gasteiger partial charge >= 0.3 is 0 Å². The Morgan fingerprint density at radius 1 is 0.500 bits per heavy atom. The largest absolute Gasteiger partial charge is 0.0889 e. The smallest absolute Gasteiger partial charge is 0.0709 e. The van der Waals surface area contributed by atoms with Gasteiger partial charge in [-0.1, -0.05) is 97.2 Å². The summed E-state index contributed by atoms with van der Waals surface area (Å²) < 4.78 is 1.70. The molecule has 26 heavy (non-hydrogen) atoms. The average Bonchev–Trinajstić information content (AvgIpc) is 2.71. The molecule has 0 nitrogen and oxygen atoms in total. The van der Waals surface area contributed by atoms with E-state index in [1.807, 2.05) is 24.3 Å². The third-order valence-corrected chi connectivity index (χ3v) is 7.88. The van der Waals surface area contributed by atoms with Gasteiger partial charge in [-0.15, -0.1) is 0 Å². The molecule has 0 saturated carbocycles. The van der Waals surface area contributed by atoms with Crippen LogP contribution in [0.4, 0.5) is 0 Å². The number of benzene rings is 4. The van der Waals surface area contributed by atoms with Crippen LogP contribution >= 0.6 is 46.0 Å². The maximum absolute atomic E-state index is 5.61. The molecule has 0 atom stereocenters. The molecule has 0 aliphatic carbocycles. The monoisotopic (exact) mass is 406 g/mol. The summed E-state index contributed by atoms with van der Waals surface area (Å²) >= 11 is 11.2. The van der Waals surface area contributed by atoms with Crippen LogP contribution < -0.4 is 0 Å². The molecule has 0 unspecified atom stereocenters. The van der Waals surface area contributed by atoms with Crippen LogP contribution in [-0.2, 0) is 0 Å². The summed E-state index contributed by atoms with van der Waals surface area (Å²) in [6.45, 7) is 0. The average molecular weight is 407 g/mol. The van der Waals surface area contributed by atoms with E-state index >= 15 is 0 Å². The molecule has 0 aliphatic heterocycles. The summed E-state index contributed by atoms with van der Waals surface area (Å²) in [7, 11) is 3.11. The summed E-state index contributed by atoms with van der Waals surface area (Å²) in [5.41, 5.74) is 2.13. The highest BCUT2D eigenvalue weighted by Crippen LogP contribution is 2.32. The van der Waals surface area contributed by atoms with Crippen LogP contribution in [0, 0.1) is 0 Å². The van der Waals surface area contributed by atoms with Gasteiger partial charge in [-0.2, -0.15) is 0 Å². The molecule has 4 heteroatoms. The van der Waals surface area contributed by atoms with Gasteiger partial charge in [0.2, 0.25) is 0 Å². The fraction of sp³-hybridized carbons (Fsp3) is 0. The molecule has 126 valence electrons. The van der Waals surface area contributed by atoms with Crippen molar-refractivity contribution in [1.82, 2.24) is 0 Å². The van der Waals surface area contributed by atoms with Gasteiger partial charge in [0.15, 0.2) is 0 Å². The van der Waals surface area contributed by atoms with Gasteiger partial charge in [-0.05, 0) is 55.3 Å². The highest BCUT2D eigenvalue weighted by atomic mass is 33.1. The lowest BCUT2D eigenvalue weighted by Gasteiger charge is -2.07. The van der Waals surface area contributed by atoms with Gasteiger partial charge in [-0.25, -0.2) is 0 Å². The Balaban J connectivity index is 1.47. The first-order valence-electron chi connectivity index (χ1n) is 8.11. The van der Waals surface area contributed by atoms with E-state index in [4.69, 9.17) is 24.4 Å². The molecule has 0 radical (unpaired) electrons. The van der Waals surface area contributed by atoms with E-state index in [0.29, 0.717) is 0 Å². The Morgan fingerprint density at radius 3 is 1.31 bits per heavy atom. The predicted octanol–water partition coefficient (Wildman–Crippen LogP) is 7.43. The van der Waals surface area contributed by atoms with Gasteiger partial charge in [0.1, 0.15) is 0 Å². The molecule has 0 fully saturated rings. The Kier molecular flexibility index (Phi) is 5.36. The second-order valence-electron chi connectivity index (χ2n) is 5.87. The predicted molar refractivity (Wildman–Crippen MR) is 126 cm³/mol. The Morgan fingerprint density at radius 2 is 0.885 bits per heavy atom. The Bertz CT molecular complexity index is 1040. The zero-order valence-electron chi connectivity index (χ0n) is 13.7. The quantitative estimate of drug-likeness (QED) is 0.251. The van der Waals surface area contributed by atoms with Gasteiger partial charge in [0, 0.05) is 11.1 Å². The van der Waals surface area contributed by atoms with Crippen molar-refractivity contribution >= 4 is 76.0 Å². The number of hydrogen-bond donors (Lipinski definition) is 0. The van der Waals surface area contributed by atoms with Gasteiger partial charge in [-0.3, -0.25) is 0 Å². The molecule has 0 N–H and O–H groups in total. The molecule has 4 aromatic carbocycles. The highest BCUT2D eigenvalue weighted by Gasteiger charge is 2.09. The zero-order valence-corrected chi connectivity index (χ0v) is 17.0. The van der Waals surface area contributed by atoms with Crippen molar-refractivity contribution in [3.63, 3.8) is 0 Å². The number of thiocarbonyl (C=S) groups is 2. The molecule has 0 amide bonds. The van der Waals surface area contributed by atoms with Crippen LogP contribution in [0.2, 0.25) is 0 Å². The van der Waals surface area contributed by atoms with Gasteiger partial charge in [0.25, 0.3) is 0 Å². The van der Waals surface area contributed by atoms with Crippen molar-refractivity contribution in [1.29, 1.82) is 0 Å². The normalized spacial score (nSPS) is 10.9. The summed E-state index contributed by atoms with van der Waals surface area (Å²) in [5, 5.41) is 4.86. The Hall–Kier alpha value is -1.72. The van der Waals surface area contributed by atoms with E-state index < -0.39 is 0 Å². The molecular weight excluding hydrogens is 393 g/mol. The van der Waals surface area contributed by atoms with Crippen molar-refractivity contribution in [3.8, 4) is 0 Å². The number of rotatable bonds is 2. The van der Waals surface area contributed by atoms with Gasteiger partial charge < -0.3 is 0 Å². The van der Waals surface area contributed by atoms with Crippen molar-refractivity contribution in [2.45, 2.75) is 0 Å². The highest BCUT2D eigenvalue weighted by molar-refractivity contribution is 8.90. The molecule has 0 aromatic heterocycles. The second kappa shape index (κ2) is 7.89. The molecule has 4 rings (SSSR count). The summed E-state index contributed by atoms with van der Waals surface area (Å²) in [4.78, 5) is 0. The SMILES string of the molecule is S=C(SSC(=S)c1ccc2ccccc2c1)c1ccc2ccccc2c1. The lowest BCUT2D eigenvalue weighted by Crippen LogP contribution is -1.93. The first kappa shape index (κ1) is 17.7. The van der Waals surface area contributed by atoms with E-state index in [1.54, 1.807) is 21.6 Å². The molecular formula is C22H14S4. The fourth-order valence-electron chi connectivity index (χ4n) is 2.80. The summed E-state index contributed by atoms with van der Waals surface area (Å²) in [6.07, 6.45) is 0. The minimum absolute atomic E-state index is 0.851. The molecule has 0 spiro atoms. The minimum atomic E-state index is 0.851. The van der Waals surface area contributed by atoms with Gasteiger partial charge in [0.05, 0.1) is 8.39 Å². The van der Waals surface area contributed by atoms with Crippen LogP contribution in [-0.4, -0.2) is 8.39 Å². The standard InChI is InChI=1S/C22H14S4/c23-21(19-11-9-15-5-1-3-7-17(15)13-19)25-26-22(24)20-12-10-16-6-2-4-8-18(16)14-20/h1-14H. The van der Waals surface area contributed by atoms with E-state index in [-0.39, 0.29) is 0 Å². The molecule has 0 bridgehead atoms. The van der Waals surface area contributed by atoms with Crippen LogP contribution in [0.3, 0.4) is 0 Å². The second-order valence-corrected chi connectivity index (χ2v) is 9.35. The van der Waals surface area contributed by atoms with Crippen molar-refractivity contribution in [3.05, 3.63) is 96.1 Å². The molecule has 0 aliphatic rings. The van der Waals surface area contributed by atoms with E-state index in [1.165, 1.54) is 21.5 Å². The fourth-order valence-corrected chi connectivity index (χ4v) is 5.30. The molecule has 0 heterocycles.